The molecule has 6 nitrogen and oxygen atoms in total. The number of carboxylic acid groups (broad SMARTS) is 1. The van der Waals surface area contributed by atoms with Crippen molar-refractivity contribution in [2.24, 2.45) is 0 Å². The van der Waals surface area contributed by atoms with Crippen molar-refractivity contribution in [1.29, 1.82) is 0 Å². The molecule has 2 aromatic heterocycles. The van der Waals surface area contributed by atoms with Gasteiger partial charge in [0.05, 0.1) is 5.56 Å². The molecule has 2 aromatic rings. The molecule has 0 saturated carbocycles. The zero-order chi connectivity index (χ0) is 13.1. The number of carbonyl (C=O) groups is 1. The van der Waals surface area contributed by atoms with Crippen LogP contribution < -0.4 is 0 Å². The number of aromatic nitrogens is 4. The summed E-state index contributed by atoms with van der Waals surface area (Å²) in [5, 5.41) is 13.3. The molecule has 0 unspecified atom stereocenters. The van der Waals surface area contributed by atoms with E-state index in [1.54, 1.807) is 4.68 Å². The highest BCUT2D eigenvalue weighted by molar-refractivity contribution is 5.87. The fourth-order valence-corrected chi connectivity index (χ4v) is 1.62. The van der Waals surface area contributed by atoms with E-state index in [4.69, 9.17) is 5.11 Å². The van der Waals surface area contributed by atoms with E-state index in [0.717, 1.165) is 18.1 Å². The number of aryl methyl sites for hydroxylation is 2. The van der Waals surface area contributed by atoms with E-state index in [-0.39, 0.29) is 5.56 Å². The summed E-state index contributed by atoms with van der Waals surface area (Å²) in [4.78, 5) is 19.4. The summed E-state index contributed by atoms with van der Waals surface area (Å²) >= 11 is 0. The predicted octanol–water partition coefficient (Wildman–Crippen LogP) is 1.49. The molecule has 94 valence electrons. The molecule has 0 radical (unpaired) electrons. The lowest BCUT2D eigenvalue weighted by atomic mass is 10.2. The number of rotatable bonds is 4. The van der Waals surface area contributed by atoms with Crippen molar-refractivity contribution >= 4 is 5.97 Å². The molecular formula is C12H14N4O2. The van der Waals surface area contributed by atoms with Crippen LogP contribution in [0.15, 0.2) is 18.3 Å². The standard InChI is InChI=1S/C12H14N4O2/c1-3-9-14-10(4-2)16(15-9)11-7-8(12(17)18)5-6-13-11/h5-7H,3-4H2,1-2H3,(H,17,18). The van der Waals surface area contributed by atoms with Crippen LogP contribution in [0.3, 0.4) is 0 Å². The molecule has 0 aliphatic rings. The van der Waals surface area contributed by atoms with Crippen LogP contribution in [-0.4, -0.2) is 30.8 Å². The Morgan fingerprint density at radius 3 is 2.78 bits per heavy atom. The minimum Gasteiger partial charge on any atom is -0.478 e. The molecule has 2 rings (SSSR count). The van der Waals surface area contributed by atoms with Gasteiger partial charge in [0, 0.05) is 19.0 Å². The monoisotopic (exact) mass is 246 g/mol. The van der Waals surface area contributed by atoms with Gasteiger partial charge in [-0.05, 0) is 12.1 Å². The van der Waals surface area contributed by atoms with Crippen molar-refractivity contribution in [2.45, 2.75) is 26.7 Å². The maximum atomic E-state index is 10.9. The summed E-state index contributed by atoms with van der Waals surface area (Å²) in [5.74, 6) is 1.02. The van der Waals surface area contributed by atoms with Gasteiger partial charge in [-0.3, -0.25) is 0 Å². The second-order valence-corrected chi connectivity index (χ2v) is 3.77. The maximum Gasteiger partial charge on any atom is 0.335 e. The Morgan fingerprint density at radius 2 is 2.17 bits per heavy atom. The predicted molar refractivity (Wildman–Crippen MR) is 64.9 cm³/mol. The first-order valence-corrected chi connectivity index (χ1v) is 5.80. The van der Waals surface area contributed by atoms with Crippen molar-refractivity contribution < 1.29 is 9.90 Å². The first-order valence-electron chi connectivity index (χ1n) is 5.80. The Bertz CT molecular complexity index is 577. The number of carboxylic acids is 1. The van der Waals surface area contributed by atoms with Crippen molar-refractivity contribution in [3.05, 3.63) is 35.5 Å². The third-order valence-electron chi connectivity index (χ3n) is 2.56. The molecule has 18 heavy (non-hydrogen) atoms. The maximum absolute atomic E-state index is 10.9. The Kier molecular flexibility index (Phi) is 3.36. The molecule has 0 saturated heterocycles. The highest BCUT2D eigenvalue weighted by Gasteiger charge is 2.12. The van der Waals surface area contributed by atoms with Gasteiger partial charge in [-0.25, -0.2) is 14.8 Å². The van der Waals surface area contributed by atoms with Crippen molar-refractivity contribution in [2.75, 3.05) is 0 Å². The second-order valence-electron chi connectivity index (χ2n) is 3.77. The summed E-state index contributed by atoms with van der Waals surface area (Å²) in [6, 6.07) is 2.95. The van der Waals surface area contributed by atoms with Gasteiger partial charge in [-0.2, -0.15) is 4.68 Å². The van der Waals surface area contributed by atoms with Gasteiger partial charge in [0.25, 0.3) is 0 Å². The number of nitrogens with zero attached hydrogens (tertiary/aromatic N) is 4. The first kappa shape index (κ1) is 12.2. The fraction of sp³-hybridized carbons (Fsp3) is 0.333. The Labute approximate surface area is 104 Å². The topological polar surface area (TPSA) is 80.9 Å². The number of pyridine rings is 1. The summed E-state index contributed by atoms with van der Waals surface area (Å²) in [6.45, 7) is 3.95. The molecule has 0 bridgehead atoms. The van der Waals surface area contributed by atoms with E-state index >= 15 is 0 Å². The highest BCUT2D eigenvalue weighted by atomic mass is 16.4. The second kappa shape index (κ2) is 4.95. The summed E-state index contributed by atoms with van der Waals surface area (Å²) in [5.41, 5.74) is 0.190. The van der Waals surface area contributed by atoms with E-state index in [1.807, 2.05) is 13.8 Å². The van der Waals surface area contributed by atoms with Gasteiger partial charge < -0.3 is 5.11 Å². The van der Waals surface area contributed by atoms with Crippen LogP contribution in [-0.2, 0) is 12.8 Å². The van der Waals surface area contributed by atoms with Gasteiger partial charge in [0.1, 0.15) is 5.82 Å². The van der Waals surface area contributed by atoms with Crippen molar-refractivity contribution in [1.82, 2.24) is 19.7 Å². The molecule has 0 aliphatic carbocycles. The molecule has 1 N–H and O–H groups in total. The Balaban J connectivity index is 2.50. The molecule has 0 fully saturated rings. The number of aromatic carboxylic acids is 1. The minimum atomic E-state index is -0.979. The number of hydrogen-bond donors (Lipinski definition) is 1. The zero-order valence-corrected chi connectivity index (χ0v) is 10.3. The van der Waals surface area contributed by atoms with Gasteiger partial charge >= 0.3 is 5.97 Å². The van der Waals surface area contributed by atoms with Gasteiger partial charge in [0.2, 0.25) is 0 Å². The van der Waals surface area contributed by atoms with Crippen LogP contribution in [0, 0.1) is 0 Å². The number of hydrogen-bond acceptors (Lipinski definition) is 4. The average Bonchev–Trinajstić information content (AvgIpc) is 2.82. The summed E-state index contributed by atoms with van der Waals surface area (Å²) in [6.07, 6.45) is 2.91. The van der Waals surface area contributed by atoms with Crippen LogP contribution >= 0.6 is 0 Å². The van der Waals surface area contributed by atoms with E-state index in [2.05, 4.69) is 15.1 Å². The zero-order valence-electron chi connectivity index (χ0n) is 10.3. The van der Waals surface area contributed by atoms with Crippen molar-refractivity contribution in [3.63, 3.8) is 0 Å². The SMILES string of the molecule is CCc1nc(CC)n(-c2cc(C(=O)O)ccn2)n1. The Morgan fingerprint density at radius 1 is 1.39 bits per heavy atom. The molecule has 2 heterocycles. The van der Waals surface area contributed by atoms with Crippen molar-refractivity contribution in [3.8, 4) is 5.82 Å². The van der Waals surface area contributed by atoms with E-state index in [0.29, 0.717) is 12.2 Å². The molecule has 0 aromatic carbocycles. The molecule has 0 aliphatic heterocycles. The fourth-order valence-electron chi connectivity index (χ4n) is 1.62. The molecule has 0 amide bonds. The molecule has 0 spiro atoms. The van der Waals surface area contributed by atoms with Gasteiger partial charge in [-0.15, -0.1) is 5.10 Å². The largest absolute Gasteiger partial charge is 0.478 e. The average molecular weight is 246 g/mol. The van der Waals surface area contributed by atoms with Gasteiger partial charge in [-0.1, -0.05) is 13.8 Å². The third-order valence-corrected chi connectivity index (χ3v) is 2.56. The van der Waals surface area contributed by atoms with E-state index in [1.165, 1.54) is 18.3 Å². The van der Waals surface area contributed by atoms with Gasteiger partial charge in [0.15, 0.2) is 11.6 Å². The summed E-state index contributed by atoms with van der Waals surface area (Å²) < 4.78 is 1.60. The van der Waals surface area contributed by atoms with Crippen LogP contribution in [0.5, 0.6) is 0 Å². The quantitative estimate of drug-likeness (QED) is 0.883. The molecule has 0 atom stereocenters. The third kappa shape index (κ3) is 2.22. The first-order chi connectivity index (χ1) is 8.65. The van der Waals surface area contributed by atoms with Crippen LogP contribution in [0.1, 0.15) is 35.9 Å². The normalized spacial score (nSPS) is 10.6. The van der Waals surface area contributed by atoms with E-state index < -0.39 is 5.97 Å². The molecule has 6 heteroatoms. The van der Waals surface area contributed by atoms with E-state index in [9.17, 15) is 4.79 Å². The van der Waals surface area contributed by atoms with Crippen LogP contribution in [0.2, 0.25) is 0 Å². The lowest BCUT2D eigenvalue weighted by Gasteiger charge is -2.03. The lowest BCUT2D eigenvalue weighted by Crippen LogP contribution is -2.06. The Hall–Kier alpha value is -2.24. The lowest BCUT2D eigenvalue weighted by molar-refractivity contribution is 0.0696. The van der Waals surface area contributed by atoms with Crippen LogP contribution in [0.25, 0.3) is 5.82 Å². The van der Waals surface area contributed by atoms with Crippen LogP contribution in [0.4, 0.5) is 0 Å². The minimum absolute atomic E-state index is 0.190. The molecular weight excluding hydrogens is 232 g/mol. The summed E-state index contributed by atoms with van der Waals surface area (Å²) in [7, 11) is 0. The highest BCUT2D eigenvalue weighted by Crippen LogP contribution is 2.10. The smallest absolute Gasteiger partial charge is 0.335 e.